The van der Waals surface area contributed by atoms with E-state index in [0.717, 1.165) is 6.42 Å². The van der Waals surface area contributed by atoms with Crippen LogP contribution in [0.2, 0.25) is 0 Å². The second kappa shape index (κ2) is 8.59. The van der Waals surface area contributed by atoms with Crippen molar-refractivity contribution in [1.82, 2.24) is 0 Å². The van der Waals surface area contributed by atoms with Crippen LogP contribution in [0.1, 0.15) is 44.9 Å². The molecule has 14 heavy (non-hydrogen) atoms. The molecule has 76 valence electrons. The highest BCUT2D eigenvalue weighted by Crippen LogP contribution is 2.06. The van der Waals surface area contributed by atoms with Crippen molar-refractivity contribution in [1.29, 1.82) is 0 Å². The van der Waals surface area contributed by atoms with Crippen LogP contribution >= 0.6 is 0 Å². The van der Waals surface area contributed by atoms with E-state index in [0.29, 0.717) is 0 Å². The first kappa shape index (κ1) is 11.1. The van der Waals surface area contributed by atoms with Gasteiger partial charge in [0.25, 0.3) is 0 Å². The number of hydrogen-bond donors (Lipinski definition) is 0. The first-order valence-corrected chi connectivity index (χ1v) is 5.71. The van der Waals surface area contributed by atoms with Gasteiger partial charge in [-0.15, -0.1) is 5.73 Å². The Morgan fingerprint density at radius 2 is 1.57 bits per heavy atom. The molecule has 0 fully saturated rings. The molecule has 0 aliphatic heterocycles. The highest BCUT2D eigenvalue weighted by molar-refractivity contribution is 5.03. The van der Waals surface area contributed by atoms with Crippen LogP contribution in [0.25, 0.3) is 0 Å². The monoisotopic (exact) mass is 188 g/mol. The summed E-state index contributed by atoms with van der Waals surface area (Å²) < 4.78 is 0. The zero-order valence-electron chi connectivity index (χ0n) is 8.91. The van der Waals surface area contributed by atoms with E-state index in [1.54, 1.807) is 0 Å². The fourth-order valence-corrected chi connectivity index (χ4v) is 1.52. The lowest BCUT2D eigenvalue weighted by atomic mass is 10.1. The van der Waals surface area contributed by atoms with Crippen LogP contribution in [-0.4, -0.2) is 0 Å². The van der Waals surface area contributed by atoms with E-state index >= 15 is 0 Å². The van der Waals surface area contributed by atoms with Gasteiger partial charge in [0.2, 0.25) is 0 Å². The third-order valence-electron chi connectivity index (χ3n) is 2.36. The summed E-state index contributed by atoms with van der Waals surface area (Å²) in [7, 11) is 0. The average molecular weight is 188 g/mol. The molecule has 0 unspecified atom stereocenters. The van der Waals surface area contributed by atoms with Gasteiger partial charge in [0.1, 0.15) is 0 Å². The van der Waals surface area contributed by atoms with Crippen molar-refractivity contribution in [3.8, 4) is 0 Å². The maximum absolute atomic E-state index is 3.15. The standard InChI is InChI=1S/C14H20/c1-2-4-6-8-10-12-14-13-11-9-7-5-3-1/h1-3,7,11,13H,4,6,8-10,12,14H2/b2-1-,13-11+. The molecule has 0 aromatic carbocycles. The summed E-state index contributed by atoms with van der Waals surface area (Å²) in [4.78, 5) is 0. The minimum absolute atomic E-state index is 1.02. The molecule has 0 radical (unpaired) electrons. The number of hydrogen-bond acceptors (Lipinski definition) is 0. The Balaban J connectivity index is 2.37. The molecule has 0 saturated heterocycles. The van der Waals surface area contributed by atoms with Crippen LogP contribution < -0.4 is 0 Å². The van der Waals surface area contributed by atoms with Gasteiger partial charge >= 0.3 is 0 Å². The van der Waals surface area contributed by atoms with Gasteiger partial charge in [0.05, 0.1) is 0 Å². The zero-order valence-corrected chi connectivity index (χ0v) is 8.91. The Bertz CT molecular complexity index is 237. The maximum atomic E-state index is 3.15. The van der Waals surface area contributed by atoms with Crippen molar-refractivity contribution in [2.24, 2.45) is 0 Å². The normalized spacial score (nSPS) is 24.0. The third kappa shape index (κ3) is 6.51. The van der Waals surface area contributed by atoms with E-state index < -0.39 is 0 Å². The van der Waals surface area contributed by atoms with Gasteiger partial charge in [0.15, 0.2) is 0 Å². The summed E-state index contributed by atoms with van der Waals surface area (Å²) in [5, 5.41) is 0. The maximum Gasteiger partial charge on any atom is -0.00929 e. The molecule has 0 spiro atoms. The highest BCUT2D eigenvalue weighted by atomic mass is 13.9. The molecule has 1 rings (SSSR count). The van der Waals surface area contributed by atoms with Crippen LogP contribution in [0.5, 0.6) is 0 Å². The molecule has 0 aromatic rings. The van der Waals surface area contributed by atoms with E-state index in [1.807, 2.05) is 6.08 Å². The van der Waals surface area contributed by atoms with Gasteiger partial charge in [-0.3, -0.25) is 0 Å². The largest absolute Gasteiger partial charge is 0.125 e. The van der Waals surface area contributed by atoms with Crippen molar-refractivity contribution in [3.63, 3.8) is 0 Å². The Labute approximate surface area is 87.7 Å². The molecule has 0 amide bonds. The number of rotatable bonds is 0. The minimum atomic E-state index is 1.02. The molecule has 0 aromatic heterocycles. The Morgan fingerprint density at radius 3 is 2.43 bits per heavy atom. The Kier molecular flexibility index (Phi) is 6.80. The molecule has 1 aliphatic carbocycles. The quantitative estimate of drug-likeness (QED) is 0.386. The van der Waals surface area contributed by atoms with Gasteiger partial charge in [-0.1, -0.05) is 37.1 Å². The molecule has 0 atom stereocenters. The third-order valence-corrected chi connectivity index (χ3v) is 2.36. The lowest BCUT2D eigenvalue weighted by molar-refractivity contribution is 0.652. The van der Waals surface area contributed by atoms with Crippen LogP contribution in [0.3, 0.4) is 0 Å². The fraction of sp³-hybridized carbons (Fsp3) is 0.500. The van der Waals surface area contributed by atoms with Gasteiger partial charge in [-0.25, -0.2) is 0 Å². The van der Waals surface area contributed by atoms with Crippen molar-refractivity contribution in [3.05, 3.63) is 42.2 Å². The highest BCUT2D eigenvalue weighted by Gasteiger charge is 1.87. The summed E-state index contributed by atoms with van der Waals surface area (Å²) in [6.45, 7) is 0. The van der Waals surface area contributed by atoms with E-state index in [4.69, 9.17) is 0 Å². The molecule has 0 nitrogen and oxygen atoms in total. The first-order chi connectivity index (χ1) is 7.00. The smallest absolute Gasteiger partial charge is 0.00929 e. The van der Waals surface area contributed by atoms with E-state index in [1.165, 1.54) is 38.5 Å². The van der Waals surface area contributed by atoms with Gasteiger partial charge in [-0.2, -0.15) is 0 Å². The first-order valence-electron chi connectivity index (χ1n) is 5.71. The van der Waals surface area contributed by atoms with Crippen molar-refractivity contribution in [2.75, 3.05) is 0 Å². The summed E-state index contributed by atoms with van der Waals surface area (Å²) >= 11 is 0. The van der Waals surface area contributed by atoms with Crippen LogP contribution in [0, 0.1) is 0 Å². The molecule has 0 bridgehead atoms. The van der Waals surface area contributed by atoms with Crippen molar-refractivity contribution in [2.45, 2.75) is 44.9 Å². The van der Waals surface area contributed by atoms with Crippen LogP contribution in [0.15, 0.2) is 42.2 Å². The SMILES string of the molecule is C1=C/C=C\CCCCCC/C=C/CC=1. The summed E-state index contributed by atoms with van der Waals surface area (Å²) in [5.41, 5.74) is 3.15. The molecular formula is C14H20. The van der Waals surface area contributed by atoms with Crippen molar-refractivity contribution < 1.29 is 0 Å². The predicted molar refractivity (Wildman–Crippen MR) is 63.3 cm³/mol. The van der Waals surface area contributed by atoms with Gasteiger partial charge in [0, 0.05) is 0 Å². The zero-order chi connectivity index (χ0) is 9.90. The Hall–Kier alpha value is -1.00. The molecular weight excluding hydrogens is 168 g/mol. The lowest BCUT2D eigenvalue weighted by Crippen LogP contribution is -1.76. The van der Waals surface area contributed by atoms with Crippen LogP contribution in [0.4, 0.5) is 0 Å². The molecule has 0 saturated carbocycles. The average Bonchev–Trinajstić information content (AvgIpc) is 2.22. The van der Waals surface area contributed by atoms with E-state index in [2.05, 4.69) is 36.1 Å². The van der Waals surface area contributed by atoms with E-state index in [9.17, 15) is 0 Å². The summed E-state index contributed by atoms with van der Waals surface area (Å²) in [6.07, 6.45) is 21.8. The second-order valence-corrected chi connectivity index (χ2v) is 3.66. The van der Waals surface area contributed by atoms with Gasteiger partial charge in [-0.05, 0) is 44.3 Å². The van der Waals surface area contributed by atoms with Crippen molar-refractivity contribution >= 4 is 0 Å². The predicted octanol–water partition coefficient (Wildman–Crippen LogP) is 4.55. The number of allylic oxidation sites excluding steroid dienone is 5. The van der Waals surface area contributed by atoms with Crippen LogP contribution in [-0.2, 0) is 0 Å². The summed E-state index contributed by atoms with van der Waals surface area (Å²) in [6, 6.07) is 0. The lowest BCUT2D eigenvalue weighted by Gasteiger charge is -1.96. The fourth-order valence-electron chi connectivity index (χ4n) is 1.52. The van der Waals surface area contributed by atoms with E-state index in [-0.39, 0.29) is 0 Å². The topological polar surface area (TPSA) is 0 Å². The summed E-state index contributed by atoms with van der Waals surface area (Å²) in [5.74, 6) is 0. The molecule has 0 heterocycles. The molecule has 0 N–H and O–H groups in total. The van der Waals surface area contributed by atoms with Gasteiger partial charge < -0.3 is 0 Å². The Morgan fingerprint density at radius 1 is 0.786 bits per heavy atom. The second-order valence-electron chi connectivity index (χ2n) is 3.66. The minimum Gasteiger partial charge on any atom is -0.125 e. The molecule has 0 heteroatoms. The molecule has 1 aliphatic rings.